The van der Waals surface area contributed by atoms with Crippen molar-refractivity contribution in [2.24, 2.45) is 20.0 Å². The molecule has 5 aromatic rings. The van der Waals surface area contributed by atoms with Gasteiger partial charge in [0, 0.05) is 37.8 Å². The Morgan fingerprint density at radius 3 is 2.68 bits per heavy atom. The van der Waals surface area contributed by atoms with Gasteiger partial charge in [-0.05, 0) is 56.7 Å². The molecule has 44 heavy (non-hydrogen) atoms. The monoisotopic (exact) mass is 599 g/mol. The van der Waals surface area contributed by atoms with Gasteiger partial charge in [-0.1, -0.05) is 12.1 Å². The third-order valence-corrected chi connectivity index (χ3v) is 9.65. The summed E-state index contributed by atoms with van der Waals surface area (Å²) in [5.41, 5.74) is 3.61. The molecule has 3 atom stereocenters. The molecule has 1 unspecified atom stereocenters. The van der Waals surface area contributed by atoms with Crippen LogP contribution >= 0.6 is 0 Å². The third kappa shape index (κ3) is 4.18. The lowest BCUT2D eigenvalue weighted by molar-refractivity contribution is -0.128. The summed E-state index contributed by atoms with van der Waals surface area (Å²) in [7, 11) is 3.43. The molecule has 228 valence electrons. The second-order valence-electron chi connectivity index (χ2n) is 12.7. The molecule has 2 N–H and O–H groups in total. The minimum Gasteiger partial charge on any atom is -0.491 e. The van der Waals surface area contributed by atoms with Gasteiger partial charge in [0.15, 0.2) is 0 Å². The van der Waals surface area contributed by atoms with Crippen LogP contribution in [-0.2, 0) is 23.6 Å². The zero-order chi connectivity index (χ0) is 30.3. The van der Waals surface area contributed by atoms with E-state index in [1.165, 1.54) is 4.68 Å². The number of imidazole rings is 1. The van der Waals surface area contributed by atoms with Gasteiger partial charge < -0.3 is 19.8 Å². The molecule has 9 rings (SSSR count). The van der Waals surface area contributed by atoms with Crippen LogP contribution in [0.2, 0.25) is 0 Å². The van der Waals surface area contributed by atoms with Gasteiger partial charge in [-0.25, -0.2) is 9.78 Å². The molecule has 2 aliphatic heterocycles. The summed E-state index contributed by atoms with van der Waals surface area (Å²) >= 11 is 0. The number of H-pyrrole nitrogens is 1. The fraction of sp³-hybridized carbons (Fsp3) is 0.438. The normalized spacial score (nSPS) is 23.5. The summed E-state index contributed by atoms with van der Waals surface area (Å²) in [5, 5.41) is 7.99. The molecule has 2 aliphatic carbocycles. The van der Waals surface area contributed by atoms with E-state index in [1.54, 1.807) is 31.1 Å². The number of rotatable bonds is 3. The van der Waals surface area contributed by atoms with Crippen molar-refractivity contribution in [3.63, 3.8) is 0 Å². The first-order chi connectivity index (χ1) is 21.2. The van der Waals surface area contributed by atoms with Crippen molar-refractivity contribution in [1.82, 2.24) is 34.2 Å². The number of amides is 1. The summed E-state index contributed by atoms with van der Waals surface area (Å²) in [6, 6.07) is 7.41. The number of nitrogens with one attached hydrogen (secondary N) is 2. The molecule has 6 heterocycles. The van der Waals surface area contributed by atoms with E-state index in [2.05, 4.69) is 22.3 Å². The first kappa shape index (κ1) is 27.1. The minimum atomic E-state index is -0.604. The number of ether oxygens (including phenoxy) is 2. The number of carbonyl (C=O) groups is 1. The molecule has 12 heteroatoms. The quantitative estimate of drug-likeness (QED) is 0.321. The number of aromatic amines is 1. The maximum Gasteiger partial charge on any atom is 0.329 e. The zero-order valence-electron chi connectivity index (χ0n) is 24.9. The highest BCUT2D eigenvalue weighted by atomic mass is 19.1. The Hall–Kier alpha value is -4.45. The van der Waals surface area contributed by atoms with Gasteiger partial charge in [-0.15, -0.1) is 5.10 Å². The van der Waals surface area contributed by atoms with E-state index < -0.39 is 11.5 Å². The number of pyridine rings is 1. The smallest absolute Gasteiger partial charge is 0.329 e. The fourth-order valence-corrected chi connectivity index (χ4v) is 7.12. The summed E-state index contributed by atoms with van der Waals surface area (Å²) in [5.74, 6) is 0.217. The van der Waals surface area contributed by atoms with Crippen LogP contribution in [0.15, 0.2) is 41.5 Å². The van der Waals surface area contributed by atoms with Gasteiger partial charge in [0.1, 0.15) is 18.0 Å². The molecule has 11 nitrogen and oxygen atoms in total. The summed E-state index contributed by atoms with van der Waals surface area (Å²) in [6.07, 6.45) is 6.66. The van der Waals surface area contributed by atoms with Crippen LogP contribution in [0.5, 0.6) is 5.75 Å². The van der Waals surface area contributed by atoms with Crippen molar-refractivity contribution < 1.29 is 18.7 Å². The average molecular weight is 600 g/mol. The van der Waals surface area contributed by atoms with Crippen molar-refractivity contribution in [2.75, 3.05) is 13.2 Å². The molecular formula is C32H34FN7O4. The number of benzene rings is 1. The fourth-order valence-electron chi connectivity index (χ4n) is 7.12. The Labute approximate surface area is 252 Å². The number of aromatic nitrogens is 6. The van der Waals surface area contributed by atoms with Crippen LogP contribution in [0.1, 0.15) is 45.1 Å². The largest absolute Gasteiger partial charge is 0.491 e. The Balaban J connectivity index is 1.37. The summed E-state index contributed by atoms with van der Waals surface area (Å²) in [6.45, 7) is 2.71. The Morgan fingerprint density at radius 1 is 1.16 bits per heavy atom. The number of hydrogen-bond donors (Lipinski definition) is 2. The number of carbonyl (C=O) groups excluding carboxylic acids is 1. The summed E-state index contributed by atoms with van der Waals surface area (Å²) in [4.78, 5) is 35.1. The molecule has 1 amide bonds. The van der Waals surface area contributed by atoms with Crippen LogP contribution in [-0.4, -0.2) is 59.6 Å². The lowest BCUT2D eigenvalue weighted by Gasteiger charge is -2.44. The average Bonchev–Trinajstić information content (AvgIpc) is 3.65. The number of aryl methyl sites for hydroxylation is 2. The lowest BCUT2D eigenvalue weighted by Crippen LogP contribution is -2.59. The highest BCUT2D eigenvalue weighted by Gasteiger charge is 2.45. The first-order valence-corrected chi connectivity index (χ1v) is 15.2. The number of nitrogens with zero attached hydrogens (tertiary/aromatic N) is 5. The molecule has 1 aromatic carbocycles. The molecule has 0 saturated heterocycles. The van der Waals surface area contributed by atoms with Crippen molar-refractivity contribution in [2.45, 2.75) is 56.7 Å². The highest BCUT2D eigenvalue weighted by Crippen LogP contribution is 2.44. The van der Waals surface area contributed by atoms with Gasteiger partial charge in [0.2, 0.25) is 11.9 Å². The number of hydrogen-bond acceptors (Lipinski definition) is 6. The first-order valence-electron chi connectivity index (χ1n) is 15.2. The van der Waals surface area contributed by atoms with Gasteiger partial charge in [0.05, 0.1) is 52.1 Å². The van der Waals surface area contributed by atoms with Crippen LogP contribution in [0.3, 0.4) is 0 Å². The standard InChI is InChI=1S/C32H34FN7O4/c1-32(36-30(41)18-4-5-18)11-10-19-14-23(32)44-13-12-43-20-8-6-17(7-9-20)24-25-27-22(39(3)31(42)40(19)27)15-34-29(25)35-26(24)21-16-38(2)37-28(21)33/h6-9,15-16,18-19,23H,4-5,10-14H2,1-3H3,(H,34,35)(H,36,41)/t19-,23?,32+/m0/s1. The van der Waals surface area contributed by atoms with Crippen molar-refractivity contribution in [3.8, 4) is 28.1 Å². The number of halogens is 1. The van der Waals surface area contributed by atoms with E-state index in [0.717, 1.165) is 34.9 Å². The highest BCUT2D eigenvalue weighted by molar-refractivity contribution is 6.14. The van der Waals surface area contributed by atoms with Crippen LogP contribution in [0.4, 0.5) is 4.39 Å². The Morgan fingerprint density at radius 2 is 1.95 bits per heavy atom. The molecule has 4 aromatic heterocycles. The van der Waals surface area contributed by atoms with Gasteiger partial charge in [-0.3, -0.25) is 18.6 Å². The van der Waals surface area contributed by atoms with Crippen LogP contribution in [0.25, 0.3) is 44.5 Å². The molecular weight excluding hydrogens is 565 g/mol. The van der Waals surface area contributed by atoms with E-state index in [1.807, 2.05) is 28.8 Å². The van der Waals surface area contributed by atoms with E-state index >= 15 is 4.39 Å². The summed E-state index contributed by atoms with van der Waals surface area (Å²) < 4.78 is 32.7. The van der Waals surface area contributed by atoms with E-state index in [9.17, 15) is 9.59 Å². The molecule has 4 aliphatic rings. The number of fused-ring (bicyclic) bond motifs is 5. The SMILES string of the molecule is Cn1cc(-c2[nH]c3ncc4c5c3c2-c2ccc(cc2)OCCOC2C[C@H](CC[C@@]2(C)NC(=O)C2CC2)n5c(=O)n4C)c(F)n1. The van der Waals surface area contributed by atoms with E-state index in [4.69, 9.17) is 14.5 Å². The zero-order valence-corrected chi connectivity index (χ0v) is 24.9. The van der Waals surface area contributed by atoms with Crippen molar-refractivity contribution in [1.29, 1.82) is 0 Å². The van der Waals surface area contributed by atoms with Crippen molar-refractivity contribution >= 4 is 28.0 Å². The Kier molecular flexibility index (Phi) is 6.03. The maximum atomic E-state index is 15.2. The van der Waals surface area contributed by atoms with Crippen LogP contribution in [0, 0.1) is 11.9 Å². The van der Waals surface area contributed by atoms with Crippen molar-refractivity contribution in [3.05, 3.63) is 53.1 Å². The second kappa shape index (κ2) is 9.78. The molecule has 2 saturated carbocycles. The van der Waals surface area contributed by atoms with E-state index in [-0.39, 0.29) is 29.7 Å². The maximum absolute atomic E-state index is 15.2. The molecule has 2 fully saturated rings. The lowest BCUT2D eigenvalue weighted by atomic mass is 9.77. The predicted octanol–water partition coefficient (Wildman–Crippen LogP) is 4.21. The van der Waals surface area contributed by atoms with Gasteiger partial charge >= 0.3 is 5.69 Å². The van der Waals surface area contributed by atoms with E-state index in [0.29, 0.717) is 60.6 Å². The van der Waals surface area contributed by atoms with Gasteiger partial charge in [0.25, 0.3) is 0 Å². The molecule has 0 spiro atoms. The Bertz CT molecular complexity index is 2000. The third-order valence-electron chi connectivity index (χ3n) is 9.65. The second-order valence-corrected chi connectivity index (χ2v) is 12.7. The predicted molar refractivity (Wildman–Crippen MR) is 162 cm³/mol. The van der Waals surface area contributed by atoms with Crippen LogP contribution < -0.4 is 15.7 Å². The molecule has 4 bridgehead atoms. The topological polar surface area (TPSA) is 121 Å². The minimum absolute atomic E-state index is 0.0729. The molecule has 0 radical (unpaired) electrons. The van der Waals surface area contributed by atoms with Gasteiger partial charge in [-0.2, -0.15) is 4.39 Å².